The summed E-state index contributed by atoms with van der Waals surface area (Å²) >= 11 is 7.29. The van der Waals surface area contributed by atoms with Gasteiger partial charge in [-0.2, -0.15) is 16.1 Å². The van der Waals surface area contributed by atoms with E-state index in [0.29, 0.717) is 18.7 Å². The Morgan fingerprint density at radius 3 is 2.56 bits per heavy atom. The van der Waals surface area contributed by atoms with Gasteiger partial charge in [-0.25, -0.2) is 12.8 Å². The van der Waals surface area contributed by atoms with E-state index in [-0.39, 0.29) is 10.8 Å². The van der Waals surface area contributed by atoms with Gasteiger partial charge >= 0.3 is 0 Å². The number of hydrogen-bond acceptors (Lipinski definition) is 3. The monoisotopic (exact) mass is 309 g/mol. The molecular formula is C11H13ClFNO2S2. The lowest BCUT2D eigenvalue weighted by Crippen LogP contribution is -2.38. The summed E-state index contributed by atoms with van der Waals surface area (Å²) in [6.45, 7) is 0.868. The molecule has 0 atom stereocenters. The van der Waals surface area contributed by atoms with Gasteiger partial charge < -0.3 is 0 Å². The van der Waals surface area contributed by atoms with Crippen LogP contribution in [0.2, 0.25) is 0 Å². The summed E-state index contributed by atoms with van der Waals surface area (Å²) < 4.78 is 39.7. The maximum atomic E-state index is 13.8. The van der Waals surface area contributed by atoms with Gasteiger partial charge in [0.1, 0.15) is 10.7 Å². The van der Waals surface area contributed by atoms with Crippen LogP contribution >= 0.6 is 23.4 Å². The first-order valence-corrected chi connectivity index (χ1v) is 8.61. The molecule has 0 unspecified atom stereocenters. The Balaban J connectivity index is 2.34. The quantitative estimate of drug-likeness (QED) is 0.804. The zero-order valence-electron chi connectivity index (χ0n) is 9.60. The first-order valence-electron chi connectivity index (χ1n) is 5.48. The van der Waals surface area contributed by atoms with Crippen molar-refractivity contribution >= 4 is 33.4 Å². The van der Waals surface area contributed by atoms with Crippen LogP contribution in [0.25, 0.3) is 0 Å². The third kappa shape index (κ3) is 2.82. The van der Waals surface area contributed by atoms with Gasteiger partial charge in [0.15, 0.2) is 0 Å². The molecule has 1 aromatic rings. The molecule has 3 nitrogen and oxygen atoms in total. The first-order chi connectivity index (χ1) is 8.55. The summed E-state index contributed by atoms with van der Waals surface area (Å²) in [5.74, 6) is 0.935. The smallest absolute Gasteiger partial charge is 0.207 e. The summed E-state index contributed by atoms with van der Waals surface area (Å²) in [5, 5.41) is 0. The Morgan fingerprint density at radius 1 is 1.33 bits per heavy atom. The van der Waals surface area contributed by atoms with Crippen molar-refractivity contribution in [2.24, 2.45) is 0 Å². The minimum atomic E-state index is -3.72. The van der Waals surface area contributed by atoms with E-state index in [1.54, 1.807) is 17.8 Å². The average molecular weight is 310 g/mol. The average Bonchev–Trinajstić information content (AvgIpc) is 2.39. The number of sulfonamides is 1. The molecule has 0 spiro atoms. The minimum absolute atomic E-state index is 0.164. The highest BCUT2D eigenvalue weighted by Gasteiger charge is 2.28. The summed E-state index contributed by atoms with van der Waals surface area (Å²) in [6, 6.07) is 4.02. The van der Waals surface area contributed by atoms with E-state index in [1.165, 1.54) is 16.4 Å². The van der Waals surface area contributed by atoms with Gasteiger partial charge in [-0.05, 0) is 17.7 Å². The van der Waals surface area contributed by atoms with E-state index in [2.05, 4.69) is 0 Å². The van der Waals surface area contributed by atoms with Crippen LogP contribution in [0.15, 0.2) is 23.1 Å². The largest absolute Gasteiger partial charge is 0.246 e. The predicted molar refractivity (Wildman–Crippen MR) is 72.0 cm³/mol. The number of thioether (sulfide) groups is 1. The SMILES string of the molecule is O=S(=O)(c1ccc(CCl)cc1F)N1CCSCC1. The van der Waals surface area contributed by atoms with E-state index in [4.69, 9.17) is 11.6 Å². The molecule has 2 rings (SSSR count). The second kappa shape index (κ2) is 5.77. The minimum Gasteiger partial charge on any atom is -0.207 e. The number of hydrogen-bond donors (Lipinski definition) is 0. The van der Waals surface area contributed by atoms with Crippen LogP contribution in [0.1, 0.15) is 5.56 Å². The maximum Gasteiger partial charge on any atom is 0.246 e. The van der Waals surface area contributed by atoms with Gasteiger partial charge in [0.05, 0.1) is 0 Å². The number of rotatable bonds is 3. The molecule has 0 N–H and O–H groups in total. The fourth-order valence-electron chi connectivity index (χ4n) is 1.76. The van der Waals surface area contributed by atoms with E-state index >= 15 is 0 Å². The van der Waals surface area contributed by atoms with Crippen molar-refractivity contribution in [1.29, 1.82) is 0 Å². The van der Waals surface area contributed by atoms with E-state index in [0.717, 1.165) is 11.5 Å². The third-order valence-corrected chi connectivity index (χ3v) is 5.92. The van der Waals surface area contributed by atoms with Crippen LogP contribution in [0, 0.1) is 5.82 Å². The molecule has 0 saturated carbocycles. The van der Waals surface area contributed by atoms with Crippen LogP contribution in [-0.4, -0.2) is 37.3 Å². The molecule has 0 aromatic heterocycles. The lowest BCUT2D eigenvalue weighted by atomic mass is 10.2. The Morgan fingerprint density at radius 2 is 2.00 bits per heavy atom. The third-order valence-electron chi connectivity index (χ3n) is 2.74. The molecule has 7 heteroatoms. The zero-order chi connectivity index (χ0) is 13.2. The van der Waals surface area contributed by atoms with Gasteiger partial charge in [0.25, 0.3) is 0 Å². The molecule has 0 amide bonds. The Labute approximate surface area is 115 Å². The van der Waals surface area contributed by atoms with Crippen molar-refractivity contribution in [1.82, 2.24) is 4.31 Å². The first kappa shape index (κ1) is 14.1. The van der Waals surface area contributed by atoms with Crippen LogP contribution in [0.4, 0.5) is 4.39 Å². The summed E-state index contributed by atoms with van der Waals surface area (Å²) in [4.78, 5) is -0.261. The standard InChI is InChI=1S/C11H13ClFNO2S2/c12-8-9-1-2-11(10(13)7-9)18(15,16)14-3-5-17-6-4-14/h1-2,7H,3-6,8H2. The van der Waals surface area contributed by atoms with Crippen LogP contribution < -0.4 is 0 Å². The van der Waals surface area contributed by atoms with Crippen LogP contribution in [0.5, 0.6) is 0 Å². The molecule has 0 aliphatic carbocycles. The molecule has 1 aromatic carbocycles. The maximum absolute atomic E-state index is 13.8. The number of nitrogens with zero attached hydrogens (tertiary/aromatic N) is 1. The van der Waals surface area contributed by atoms with Gasteiger partial charge in [-0.3, -0.25) is 0 Å². The highest BCUT2D eigenvalue weighted by atomic mass is 35.5. The van der Waals surface area contributed by atoms with Crippen molar-refractivity contribution < 1.29 is 12.8 Å². The summed E-state index contributed by atoms with van der Waals surface area (Å²) in [6.07, 6.45) is 0. The highest BCUT2D eigenvalue weighted by Crippen LogP contribution is 2.23. The van der Waals surface area contributed by atoms with Gasteiger partial charge in [-0.15, -0.1) is 11.6 Å². The fourth-order valence-corrected chi connectivity index (χ4v) is 4.55. The highest BCUT2D eigenvalue weighted by molar-refractivity contribution is 7.99. The molecule has 0 radical (unpaired) electrons. The molecule has 100 valence electrons. The Bertz CT molecular complexity index is 530. The molecule has 18 heavy (non-hydrogen) atoms. The summed E-state index contributed by atoms with van der Waals surface area (Å²) in [7, 11) is -3.72. The molecule has 1 heterocycles. The molecular weight excluding hydrogens is 297 g/mol. The van der Waals surface area contributed by atoms with Crippen LogP contribution in [0.3, 0.4) is 0 Å². The number of halogens is 2. The molecule has 1 saturated heterocycles. The normalized spacial score (nSPS) is 17.9. The lowest BCUT2D eigenvalue weighted by molar-refractivity contribution is 0.438. The van der Waals surface area contributed by atoms with Gasteiger partial charge in [0, 0.05) is 30.5 Å². The topological polar surface area (TPSA) is 37.4 Å². The molecule has 1 fully saturated rings. The van der Waals surface area contributed by atoms with Gasteiger partial charge in [-0.1, -0.05) is 6.07 Å². The van der Waals surface area contributed by atoms with E-state index < -0.39 is 15.8 Å². The predicted octanol–water partition coefficient (Wildman–Crippen LogP) is 2.30. The van der Waals surface area contributed by atoms with Crippen molar-refractivity contribution in [2.45, 2.75) is 10.8 Å². The number of alkyl halides is 1. The Kier molecular flexibility index (Phi) is 4.53. The summed E-state index contributed by atoms with van der Waals surface area (Å²) in [5.41, 5.74) is 0.572. The number of benzene rings is 1. The van der Waals surface area contributed by atoms with Crippen molar-refractivity contribution in [2.75, 3.05) is 24.6 Å². The van der Waals surface area contributed by atoms with E-state index in [1.807, 2.05) is 0 Å². The van der Waals surface area contributed by atoms with Gasteiger partial charge in [0.2, 0.25) is 10.0 Å². The molecule has 0 bridgehead atoms. The second-order valence-corrected chi connectivity index (χ2v) is 7.31. The van der Waals surface area contributed by atoms with Crippen LogP contribution in [-0.2, 0) is 15.9 Å². The van der Waals surface area contributed by atoms with E-state index in [9.17, 15) is 12.8 Å². The molecule has 1 aliphatic heterocycles. The Hall–Kier alpha value is -0.300. The lowest BCUT2D eigenvalue weighted by Gasteiger charge is -2.25. The molecule has 1 aliphatic rings. The van der Waals surface area contributed by atoms with Crippen molar-refractivity contribution in [3.63, 3.8) is 0 Å². The van der Waals surface area contributed by atoms with Crippen molar-refractivity contribution in [3.05, 3.63) is 29.6 Å². The van der Waals surface area contributed by atoms with Crippen molar-refractivity contribution in [3.8, 4) is 0 Å². The fraction of sp³-hybridized carbons (Fsp3) is 0.455. The zero-order valence-corrected chi connectivity index (χ0v) is 12.0. The second-order valence-electron chi connectivity index (χ2n) is 3.91.